The van der Waals surface area contributed by atoms with E-state index in [4.69, 9.17) is 83.6 Å². The second kappa shape index (κ2) is 39.8. The molecule has 1 saturated heterocycles. The molecule has 3 aliphatic carbocycles. The van der Waals surface area contributed by atoms with Crippen molar-refractivity contribution in [2.45, 2.75) is 109 Å². The molecule has 2 aromatic heterocycles. The lowest BCUT2D eigenvalue weighted by atomic mass is 9.34. The zero-order valence-electron chi connectivity index (χ0n) is 64.6. The number of phosphoric acid groups is 1. The van der Waals surface area contributed by atoms with Gasteiger partial charge >= 0.3 is 19.9 Å². The largest absolute Gasteiger partial charge is 0.524 e. The van der Waals surface area contributed by atoms with Crippen LogP contribution >= 0.6 is 55.0 Å². The molecule has 9 N–H and O–H groups in total. The van der Waals surface area contributed by atoms with Crippen molar-refractivity contribution in [1.82, 2.24) is 35.3 Å². The summed E-state index contributed by atoms with van der Waals surface area (Å²) in [6, 6.07) is 8.29. The summed E-state index contributed by atoms with van der Waals surface area (Å²) in [6.45, 7) is 12.3. The zero-order valence-corrected chi connectivity index (χ0v) is 68.6. The number of thioether (sulfide) groups is 1. The van der Waals surface area contributed by atoms with Gasteiger partial charge in [0.05, 0.1) is 130 Å². The van der Waals surface area contributed by atoms with Crippen molar-refractivity contribution in [3.05, 3.63) is 76.6 Å². The van der Waals surface area contributed by atoms with Gasteiger partial charge in [0.25, 0.3) is 5.17 Å². The predicted molar refractivity (Wildman–Crippen MR) is 428 cm³/mol. The molecule has 32 nitrogen and oxygen atoms in total. The lowest BCUT2D eigenvalue weighted by molar-refractivity contribution is -0.205. The molecular formula is C76H102Cl2N11O21PS2. The molecule has 618 valence electrons. The Morgan fingerprint density at radius 2 is 1.25 bits per heavy atom. The number of ether oxygens (including phenoxy) is 8. The molecule has 11 rings (SSSR count). The lowest BCUT2D eigenvalue weighted by Gasteiger charge is -2.69. The summed E-state index contributed by atoms with van der Waals surface area (Å²) < 4.78 is 62.6. The van der Waals surface area contributed by atoms with E-state index >= 15 is 4.79 Å². The Hall–Kier alpha value is -7.70. The number of anilines is 3. The number of aryl methyl sites for hydroxylation is 2. The number of hydrogen-bond donors (Lipinski definition) is 8. The van der Waals surface area contributed by atoms with Gasteiger partial charge in [-0.25, -0.2) is 14.2 Å². The molecule has 1 unspecified atom stereocenters. The summed E-state index contributed by atoms with van der Waals surface area (Å²) in [6.07, 6.45) is 6.21. The van der Waals surface area contributed by atoms with Crippen LogP contribution in [-0.4, -0.2) is 255 Å². The van der Waals surface area contributed by atoms with Crippen LogP contribution in [0.1, 0.15) is 105 Å². The lowest BCUT2D eigenvalue weighted by Crippen LogP contribution is -2.73. The number of benzene rings is 3. The molecule has 3 saturated carbocycles. The number of rotatable bonds is 45. The fourth-order valence-electron chi connectivity index (χ4n) is 15.3. The van der Waals surface area contributed by atoms with Gasteiger partial charge in [0.15, 0.2) is 17.3 Å². The number of fused-ring (bicyclic) bond motifs is 6. The number of hydrogen-bond acceptors (Lipinski definition) is 21. The molecule has 113 heavy (non-hydrogen) atoms. The number of nitrogens with zero attached hydrogens (tertiary/aromatic N) is 5. The molecule has 3 aromatic carbocycles. The minimum Gasteiger partial charge on any atom is -0.445 e. The van der Waals surface area contributed by atoms with Gasteiger partial charge in [-0.15, -0.1) is 23.2 Å². The van der Waals surface area contributed by atoms with Crippen molar-refractivity contribution in [3.63, 3.8) is 0 Å². The average Bonchev–Trinajstić information content (AvgIpc) is 1.57. The number of phosphoric ester groups is 1. The third-order valence-electron chi connectivity index (χ3n) is 21.1. The quantitative estimate of drug-likeness (QED) is 0.00603. The Morgan fingerprint density at radius 1 is 0.743 bits per heavy atom. The highest BCUT2D eigenvalue weighted by molar-refractivity contribution is 8.00. The molecule has 0 radical (unpaired) electrons. The number of urea groups is 1. The van der Waals surface area contributed by atoms with Gasteiger partial charge in [-0.2, -0.15) is 11.8 Å². The number of aromatic nitrogens is 2. The summed E-state index contributed by atoms with van der Waals surface area (Å²) in [5, 5.41) is 9.52. The van der Waals surface area contributed by atoms with E-state index in [-0.39, 0.29) is 167 Å². The highest BCUT2D eigenvalue weighted by Gasteiger charge is 2.76. The van der Waals surface area contributed by atoms with E-state index in [1.54, 1.807) is 79.2 Å². The van der Waals surface area contributed by atoms with Crippen LogP contribution in [0.2, 0.25) is 0 Å². The summed E-state index contributed by atoms with van der Waals surface area (Å²) in [5.41, 5.74) is 10.2. The number of carbonyl (C=O) groups excluding carboxylic acids is 9. The molecule has 4 fully saturated rings. The SMILES string of the molecule is CSC1CC(=O)N(CCOCCOCCOCCOCCOCCOCCC(=O)N[C@H](C(=O)C[C@@H](CCCNC(N)=O)C(=O)Nc2ccc(COC(=O)N(C)CCN(C)C(=S)Oc3cc4c(c5c(C)c[nH]c35)[C@H](CCl)CN4C(=O)C34CC(C(=O)N5C[C@@H](CCl)c6c5cc(OP(=O)(O)O)c5[nH]cc(C)c65)(C3)C4)cc2)C(C)C)C1=O. The third-order valence-corrected chi connectivity index (χ3v) is 23.6. The number of nitrogens with one attached hydrogen (secondary N) is 5. The van der Waals surface area contributed by atoms with E-state index < -0.39 is 54.6 Å². The Labute approximate surface area is 674 Å². The molecule has 37 heteroatoms. The fraction of sp³-hybridized carbons (Fsp3) is 0.579. The number of ketones is 1. The van der Waals surface area contributed by atoms with E-state index in [2.05, 4.69) is 25.9 Å². The van der Waals surface area contributed by atoms with Crippen LogP contribution in [0.25, 0.3) is 21.8 Å². The van der Waals surface area contributed by atoms with E-state index in [0.717, 1.165) is 27.6 Å². The van der Waals surface area contributed by atoms with Crippen LogP contribution in [0, 0.1) is 36.5 Å². The number of thiocarbonyl (C=S) groups is 1. The van der Waals surface area contributed by atoms with Crippen LogP contribution in [0.5, 0.6) is 11.5 Å². The number of likely N-dealkylation sites (tertiary alicyclic amines) is 1. The highest BCUT2D eigenvalue weighted by atomic mass is 35.5. The molecule has 5 atom stereocenters. The molecule has 5 heterocycles. The maximum absolute atomic E-state index is 15.0. The standard InChI is InChI=1S/C76H102Cl2N11O21PS2/c1-45(2)65(84-59(91)14-19-102-21-23-104-25-27-106-29-30-107-28-26-105-24-22-103-20-18-87-60(92)34-58(113-7)69(87)94)55(90)31-49(9-8-15-80-72(79)97)68(93)83-52-12-10-48(11-13-52)41-108-73(98)85(5)16-17-86(6)74(112)109-56-32-53-63(61-46(3)37-81-66(56)61)50(35-77)39-88(53)70(95)75-42-76(43-75,44-75)71(96)89-40-51(36-78)64-54(89)33-57(110-111(99,100)101)67-62(64)47(4)38-82-67/h10-13,32-33,37-38,45,49-51,58,65,81-82H,8-9,14-31,34-36,39-44H2,1-7H3,(H,83,93)(H,84,91)(H3,79,80,97)(H2,99,100,101)/t49-,50-,51-,58?,65+,75?,76?/m1/s1. The highest BCUT2D eigenvalue weighted by Crippen LogP contribution is 2.75. The normalized spacial score (nSPS) is 19.4. The smallest absolute Gasteiger partial charge is 0.445 e. The van der Waals surface area contributed by atoms with Crippen molar-refractivity contribution < 1.29 is 99.9 Å². The van der Waals surface area contributed by atoms with Crippen molar-refractivity contribution in [2.75, 3.05) is 166 Å². The minimum absolute atomic E-state index is 0.0239. The number of nitrogens with two attached hydrogens (primary N) is 1. The first-order chi connectivity index (χ1) is 54.0. The summed E-state index contributed by atoms with van der Waals surface area (Å²) in [4.78, 5) is 153. The van der Waals surface area contributed by atoms with Gasteiger partial charge in [-0.05, 0) is 110 Å². The Balaban J connectivity index is 0.623. The summed E-state index contributed by atoms with van der Waals surface area (Å²) in [5.74, 6) is -2.83. The first-order valence-corrected chi connectivity index (χ1v) is 42.0. The van der Waals surface area contributed by atoms with Crippen LogP contribution in [0.3, 0.4) is 0 Å². The summed E-state index contributed by atoms with van der Waals surface area (Å²) >= 11 is 20.5. The molecule has 9 amide bonds. The number of imide groups is 1. The number of alkyl halides is 2. The minimum atomic E-state index is -4.99. The number of aromatic amines is 2. The second-order valence-corrected chi connectivity index (χ2v) is 32.7. The van der Waals surface area contributed by atoms with Gasteiger partial charge in [-0.3, -0.25) is 48.2 Å². The van der Waals surface area contributed by atoms with E-state index in [1.165, 1.54) is 27.6 Å². The number of amides is 9. The van der Waals surface area contributed by atoms with Crippen LogP contribution in [-0.2, 0) is 77.9 Å². The molecule has 2 bridgehead atoms. The topological polar surface area (TPSA) is 404 Å². The number of carbonyl (C=O) groups is 9. The molecule has 6 aliphatic rings. The van der Waals surface area contributed by atoms with Gasteiger partial charge < -0.3 is 93.7 Å². The van der Waals surface area contributed by atoms with Crippen molar-refractivity contribution in [3.8, 4) is 11.5 Å². The van der Waals surface area contributed by atoms with Crippen molar-refractivity contribution >= 4 is 152 Å². The summed E-state index contributed by atoms with van der Waals surface area (Å²) in [7, 11) is -1.68. The van der Waals surface area contributed by atoms with E-state index in [9.17, 15) is 52.7 Å². The fourth-order valence-corrected chi connectivity index (χ4v) is 17.0. The molecule has 3 aliphatic heterocycles. The molecular weight excluding hydrogens is 1570 g/mol. The maximum Gasteiger partial charge on any atom is 0.524 e. The van der Waals surface area contributed by atoms with E-state index in [1.807, 2.05) is 26.3 Å². The Bertz CT molecular complexity index is 4320. The Morgan fingerprint density at radius 3 is 1.74 bits per heavy atom. The van der Waals surface area contributed by atoms with Crippen LogP contribution in [0.15, 0.2) is 48.8 Å². The van der Waals surface area contributed by atoms with E-state index in [0.29, 0.717) is 130 Å². The number of Topliss-reactive ketones (excluding diaryl/α,β-unsaturated/α-hetero) is 1. The Kier molecular flexibility index (Phi) is 30.9. The second-order valence-electron chi connectivity index (χ2n) is 29.5. The zero-order chi connectivity index (χ0) is 81.5. The molecule has 0 spiro atoms. The predicted octanol–water partition coefficient (Wildman–Crippen LogP) is 7.89. The van der Waals surface area contributed by atoms with Crippen molar-refractivity contribution in [1.29, 1.82) is 0 Å². The average molecular weight is 1670 g/mol. The maximum atomic E-state index is 15.0. The molecule has 5 aromatic rings. The number of H-pyrrole nitrogens is 2. The van der Waals surface area contributed by atoms with Crippen LogP contribution < -0.4 is 40.7 Å². The monoisotopic (exact) mass is 1670 g/mol. The number of halogens is 2. The van der Waals surface area contributed by atoms with Crippen molar-refractivity contribution in [2.24, 2.45) is 28.4 Å². The van der Waals surface area contributed by atoms with Crippen LogP contribution in [0.4, 0.5) is 26.7 Å². The van der Waals surface area contributed by atoms with Gasteiger partial charge in [0, 0.05) is 137 Å². The van der Waals surface area contributed by atoms with Gasteiger partial charge in [-0.1, -0.05) is 26.0 Å². The first kappa shape index (κ1) is 87.7. The van der Waals surface area contributed by atoms with Gasteiger partial charge in [0.2, 0.25) is 35.4 Å². The number of primary amides is 1. The number of likely N-dealkylation sites (N-methyl/N-ethyl adjacent to an activating group) is 2. The van der Waals surface area contributed by atoms with Gasteiger partial charge in [0.1, 0.15) is 6.61 Å². The first-order valence-electron chi connectivity index (χ1n) is 37.7. The third kappa shape index (κ3) is 21.5.